The second kappa shape index (κ2) is 7.68. The van der Waals surface area contributed by atoms with Gasteiger partial charge in [0.15, 0.2) is 5.96 Å². The third-order valence-electron chi connectivity index (χ3n) is 3.05. The van der Waals surface area contributed by atoms with Crippen LogP contribution in [0.4, 0.5) is 0 Å². The first-order chi connectivity index (χ1) is 7.75. The fourth-order valence-corrected chi connectivity index (χ4v) is 3.29. The van der Waals surface area contributed by atoms with Crippen LogP contribution in [0.25, 0.3) is 0 Å². The molecule has 2 aliphatic rings. The molecule has 0 spiro atoms. The third-order valence-corrected chi connectivity index (χ3v) is 4.43. The fourth-order valence-electron chi connectivity index (χ4n) is 2.11. The van der Waals surface area contributed by atoms with E-state index in [1.807, 2.05) is 11.8 Å². The molecule has 0 aromatic rings. The van der Waals surface area contributed by atoms with Crippen LogP contribution in [0.15, 0.2) is 4.99 Å². The molecule has 0 aliphatic carbocycles. The molecular weight excluding hydrogens is 349 g/mol. The molecule has 0 radical (unpaired) electrons. The zero-order valence-electron chi connectivity index (χ0n) is 10.3. The van der Waals surface area contributed by atoms with Gasteiger partial charge in [-0.05, 0) is 25.5 Å². The maximum atomic E-state index is 6.00. The minimum atomic E-state index is 0. The molecule has 2 aliphatic heterocycles. The van der Waals surface area contributed by atoms with Crippen molar-refractivity contribution in [1.82, 2.24) is 4.90 Å². The number of nitrogens with zero attached hydrogens (tertiary/aromatic N) is 2. The van der Waals surface area contributed by atoms with E-state index in [4.69, 9.17) is 10.5 Å². The summed E-state index contributed by atoms with van der Waals surface area (Å²) in [5.41, 5.74) is 6.00. The number of hydrogen-bond donors (Lipinski definition) is 1. The summed E-state index contributed by atoms with van der Waals surface area (Å²) in [4.78, 5) is 6.64. The summed E-state index contributed by atoms with van der Waals surface area (Å²) in [7, 11) is 0. The van der Waals surface area contributed by atoms with E-state index in [1.165, 1.54) is 18.6 Å². The Hall–Kier alpha value is 0.310. The van der Waals surface area contributed by atoms with Crippen LogP contribution in [-0.2, 0) is 4.74 Å². The van der Waals surface area contributed by atoms with Crippen LogP contribution in [0.2, 0.25) is 0 Å². The number of thioether (sulfide) groups is 1. The lowest BCUT2D eigenvalue weighted by Gasteiger charge is -2.31. The number of ether oxygens (including phenoxy) is 1. The van der Waals surface area contributed by atoms with Crippen LogP contribution in [0.1, 0.15) is 19.8 Å². The van der Waals surface area contributed by atoms with Crippen molar-refractivity contribution in [3.63, 3.8) is 0 Å². The number of guanidine groups is 1. The second-order valence-corrected chi connectivity index (χ2v) is 5.87. The topological polar surface area (TPSA) is 50.8 Å². The third kappa shape index (κ3) is 4.82. The van der Waals surface area contributed by atoms with E-state index in [1.54, 1.807) is 0 Å². The lowest BCUT2D eigenvalue weighted by Crippen LogP contribution is -2.48. The van der Waals surface area contributed by atoms with Gasteiger partial charge in [-0.2, -0.15) is 11.8 Å². The van der Waals surface area contributed by atoms with E-state index in [9.17, 15) is 0 Å². The van der Waals surface area contributed by atoms with Gasteiger partial charge in [0, 0.05) is 18.3 Å². The Balaban J connectivity index is 0.00000144. The molecule has 2 atom stereocenters. The Morgan fingerprint density at radius 2 is 2.41 bits per heavy atom. The highest BCUT2D eigenvalue weighted by Gasteiger charge is 2.19. The average molecular weight is 371 g/mol. The Morgan fingerprint density at radius 3 is 3.06 bits per heavy atom. The lowest BCUT2D eigenvalue weighted by molar-refractivity contribution is 0.00530. The van der Waals surface area contributed by atoms with Crippen LogP contribution in [-0.4, -0.2) is 54.2 Å². The van der Waals surface area contributed by atoms with Crippen molar-refractivity contribution in [2.75, 3.05) is 32.0 Å². The lowest BCUT2D eigenvalue weighted by atomic mass is 10.2. The summed E-state index contributed by atoms with van der Waals surface area (Å²) in [6, 6.07) is 0. The summed E-state index contributed by atoms with van der Waals surface area (Å²) < 4.78 is 5.48. The first kappa shape index (κ1) is 15.4. The van der Waals surface area contributed by atoms with E-state index < -0.39 is 0 Å². The average Bonchev–Trinajstić information content (AvgIpc) is 2.78. The zero-order chi connectivity index (χ0) is 11.4. The summed E-state index contributed by atoms with van der Waals surface area (Å²) in [5, 5.41) is 0.692. The standard InChI is InChI=1S/C11H21N3OS.HI/c1-9-8-14(4-5-15-9)11(12)13-7-10-3-2-6-16-10;/h9-10H,2-8H2,1H3,(H2,12,13);1H. The molecule has 2 heterocycles. The van der Waals surface area contributed by atoms with Gasteiger partial charge in [0.2, 0.25) is 0 Å². The van der Waals surface area contributed by atoms with Crippen LogP contribution in [0.3, 0.4) is 0 Å². The molecular formula is C11H22IN3OS. The van der Waals surface area contributed by atoms with E-state index in [2.05, 4.69) is 16.8 Å². The molecule has 0 aromatic heterocycles. The van der Waals surface area contributed by atoms with Crippen LogP contribution < -0.4 is 5.73 Å². The van der Waals surface area contributed by atoms with E-state index in [-0.39, 0.29) is 30.1 Å². The highest BCUT2D eigenvalue weighted by atomic mass is 127. The molecule has 6 heteroatoms. The SMILES string of the molecule is CC1CN(C(N)=NCC2CCCS2)CCO1.I. The number of aliphatic imine (C=N–C) groups is 1. The molecule has 0 saturated carbocycles. The molecule has 2 saturated heterocycles. The Kier molecular flexibility index (Phi) is 6.94. The molecule has 2 rings (SSSR count). The molecule has 2 unspecified atom stereocenters. The summed E-state index contributed by atoms with van der Waals surface area (Å²) >= 11 is 2.03. The maximum Gasteiger partial charge on any atom is 0.191 e. The zero-order valence-corrected chi connectivity index (χ0v) is 13.4. The molecule has 0 aromatic carbocycles. The quantitative estimate of drug-likeness (QED) is 0.455. The number of nitrogens with two attached hydrogens (primary N) is 1. The van der Waals surface area contributed by atoms with Gasteiger partial charge in [0.05, 0.1) is 19.3 Å². The largest absolute Gasteiger partial charge is 0.375 e. The Labute approximate surface area is 125 Å². The van der Waals surface area contributed by atoms with Crippen molar-refractivity contribution < 1.29 is 4.74 Å². The number of halogens is 1. The van der Waals surface area contributed by atoms with Gasteiger partial charge in [0.1, 0.15) is 0 Å². The number of hydrogen-bond acceptors (Lipinski definition) is 3. The predicted octanol–water partition coefficient (Wildman–Crippen LogP) is 1.54. The predicted molar refractivity (Wildman–Crippen MR) is 84.4 cm³/mol. The fraction of sp³-hybridized carbons (Fsp3) is 0.909. The van der Waals surface area contributed by atoms with Gasteiger partial charge >= 0.3 is 0 Å². The van der Waals surface area contributed by atoms with Gasteiger partial charge in [-0.25, -0.2) is 0 Å². The summed E-state index contributed by atoms with van der Waals surface area (Å²) in [5.74, 6) is 1.98. The highest BCUT2D eigenvalue weighted by molar-refractivity contribution is 14.0. The maximum absolute atomic E-state index is 6.00. The van der Waals surface area contributed by atoms with Gasteiger partial charge < -0.3 is 15.4 Å². The highest BCUT2D eigenvalue weighted by Crippen LogP contribution is 2.26. The molecule has 0 bridgehead atoms. The van der Waals surface area contributed by atoms with E-state index in [0.717, 1.165) is 26.2 Å². The molecule has 2 fully saturated rings. The Bertz CT molecular complexity index is 259. The Morgan fingerprint density at radius 1 is 1.59 bits per heavy atom. The van der Waals surface area contributed by atoms with Crippen molar-refractivity contribution in [2.24, 2.45) is 10.7 Å². The minimum absolute atomic E-state index is 0. The molecule has 2 N–H and O–H groups in total. The van der Waals surface area contributed by atoms with Gasteiger partial charge in [-0.1, -0.05) is 0 Å². The normalized spacial score (nSPS) is 30.2. The van der Waals surface area contributed by atoms with Crippen molar-refractivity contribution in [3.8, 4) is 0 Å². The van der Waals surface area contributed by atoms with Crippen molar-refractivity contribution in [3.05, 3.63) is 0 Å². The summed E-state index contributed by atoms with van der Waals surface area (Å²) in [6.07, 6.45) is 2.89. The van der Waals surface area contributed by atoms with Crippen LogP contribution in [0, 0.1) is 0 Å². The first-order valence-electron chi connectivity index (χ1n) is 6.04. The van der Waals surface area contributed by atoms with Crippen molar-refractivity contribution >= 4 is 41.7 Å². The van der Waals surface area contributed by atoms with E-state index >= 15 is 0 Å². The summed E-state index contributed by atoms with van der Waals surface area (Å²) in [6.45, 7) is 5.45. The van der Waals surface area contributed by atoms with Gasteiger partial charge in [-0.3, -0.25) is 4.99 Å². The van der Waals surface area contributed by atoms with Crippen LogP contribution >= 0.6 is 35.7 Å². The number of rotatable bonds is 2. The van der Waals surface area contributed by atoms with Gasteiger partial charge in [0.25, 0.3) is 0 Å². The van der Waals surface area contributed by atoms with Gasteiger partial charge in [-0.15, -0.1) is 24.0 Å². The second-order valence-electron chi connectivity index (χ2n) is 4.46. The van der Waals surface area contributed by atoms with Crippen LogP contribution in [0.5, 0.6) is 0 Å². The van der Waals surface area contributed by atoms with E-state index in [0.29, 0.717) is 11.2 Å². The molecule has 0 amide bonds. The molecule has 4 nitrogen and oxygen atoms in total. The number of morpholine rings is 1. The smallest absolute Gasteiger partial charge is 0.191 e. The molecule has 100 valence electrons. The van der Waals surface area contributed by atoms with Crippen molar-refractivity contribution in [1.29, 1.82) is 0 Å². The van der Waals surface area contributed by atoms with Crippen molar-refractivity contribution in [2.45, 2.75) is 31.1 Å². The first-order valence-corrected chi connectivity index (χ1v) is 7.08. The minimum Gasteiger partial charge on any atom is -0.375 e. The monoisotopic (exact) mass is 371 g/mol. The molecule has 17 heavy (non-hydrogen) atoms.